The summed E-state index contributed by atoms with van der Waals surface area (Å²) in [6, 6.07) is 9.49. The van der Waals surface area contributed by atoms with Crippen LogP contribution in [0.15, 0.2) is 36.4 Å². The Kier molecular flexibility index (Phi) is 12.7. The van der Waals surface area contributed by atoms with Crippen LogP contribution in [-0.4, -0.2) is 50.5 Å². The van der Waals surface area contributed by atoms with Crippen LogP contribution in [0.1, 0.15) is 57.1 Å². The predicted molar refractivity (Wildman–Crippen MR) is 157 cm³/mol. The van der Waals surface area contributed by atoms with Gasteiger partial charge in [-0.15, -0.1) is 0 Å². The lowest BCUT2D eigenvalue weighted by Gasteiger charge is -2.31. The van der Waals surface area contributed by atoms with E-state index in [1.807, 2.05) is 13.8 Å². The molecule has 0 saturated heterocycles. The van der Waals surface area contributed by atoms with Crippen molar-refractivity contribution >= 4 is 62.3 Å². The SMILES string of the molecule is CCCCNC(=O)[C@@H](CC)N(Cc1ccc(Cl)c(Cl)c1)C(=O)CCCN(c1cccc(Cl)c1C)S(C)(=O)=O. The third-order valence-electron chi connectivity index (χ3n) is 6.21. The molecule has 0 spiro atoms. The third-order valence-corrected chi connectivity index (χ3v) is 8.54. The Bertz CT molecular complexity index is 1220. The molecule has 0 aliphatic rings. The van der Waals surface area contributed by atoms with Crippen LogP contribution in [0.25, 0.3) is 0 Å². The van der Waals surface area contributed by atoms with Crippen molar-refractivity contribution in [1.82, 2.24) is 10.2 Å². The highest BCUT2D eigenvalue weighted by molar-refractivity contribution is 7.92. The molecular formula is C27H36Cl3N3O4S. The number of carbonyl (C=O) groups excluding carboxylic acids is 2. The summed E-state index contributed by atoms with van der Waals surface area (Å²) in [6.07, 6.45) is 3.62. The van der Waals surface area contributed by atoms with E-state index in [-0.39, 0.29) is 37.7 Å². The zero-order chi connectivity index (χ0) is 28.5. The summed E-state index contributed by atoms with van der Waals surface area (Å²) in [7, 11) is -3.62. The molecule has 0 aliphatic heterocycles. The summed E-state index contributed by atoms with van der Waals surface area (Å²) in [6.45, 7) is 6.43. The highest BCUT2D eigenvalue weighted by atomic mass is 35.5. The normalized spacial score (nSPS) is 12.2. The number of sulfonamides is 1. The lowest BCUT2D eigenvalue weighted by molar-refractivity contribution is -0.141. The summed E-state index contributed by atoms with van der Waals surface area (Å²) in [5, 5.41) is 4.14. The summed E-state index contributed by atoms with van der Waals surface area (Å²) in [5.74, 6) is -0.480. The maximum atomic E-state index is 13.5. The molecule has 38 heavy (non-hydrogen) atoms. The van der Waals surface area contributed by atoms with Crippen molar-refractivity contribution in [2.45, 2.75) is 65.5 Å². The van der Waals surface area contributed by atoms with Crippen LogP contribution in [0.5, 0.6) is 0 Å². The number of carbonyl (C=O) groups is 2. The second-order valence-corrected chi connectivity index (χ2v) is 12.3. The average Bonchev–Trinajstić information content (AvgIpc) is 2.85. The smallest absolute Gasteiger partial charge is 0.242 e. The molecule has 2 aromatic rings. The van der Waals surface area contributed by atoms with E-state index in [1.54, 1.807) is 43.3 Å². The van der Waals surface area contributed by atoms with Crippen molar-refractivity contribution in [3.05, 3.63) is 62.6 Å². The second-order valence-electron chi connectivity index (χ2n) is 9.16. The van der Waals surface area contributed by atoms with E-state index in [9.17, 15) is 18.0 Å². The highest BCUT2D eigenvalue weighted by Crippen LogP contribution is 2.29. The fourth-order valence-electron chi connectivity index (χ4n) is 4.11. The Morgan fingerprint density at radius 2 is 1.71 bits per heavy atom. The van der Waals surface area contributed by atoms with Gasteiger partial charge in [-0.1, -0.05) is 67.2 Å². The molecule has 0 saturated carbocycles. The Morgan fingerprint density at radius 1 is 1.00 bits per heavy atom. The first-order chi connectivity index (χ1) is 17.9. The number of amides is 2. The summed E-state index contributed by atoms with van der Waals surface area (Å²) >= 11 is 18.5. The van der Waals surface area contributed by atoms with Crippen LogP contribution >= 0.6 is 34.8 Å². The quantitative estimate of drug-likeness (QED) is 0.259. The number of nitrogens with zero attached hydrogens (tertiary/aromatic N) is 2. The van der Waals surface area contributed by atoms with Gasteiger partial charge in [0, 0.05) is 31.1 Å². The van der Waals surface area contributed by atoms with Gasteiger partial charge in [-0.25, -0.2) is 8.42 Å². The molecule has 210 valence electrons. The van der Waals surface area contributed by atoms with E-state index in [1.165, 1.54) is 9.21 Å². The summed E-state index contributed by atoms with van der Waals surface area (Å²) < 4.78 is 26.4. The van der Waals surface area contributed by atoms with Gasteiger partial charge in [-0.2, -0.15) is 0 Å². The van der Waals surface area contributed by atoms with Crippen molar-refractivity contribution in [1.29, 1.82) is 0 Å². The maximum absolute atomic E-state index is 13.5. The third kappa shape index (κ3) is 9.04. The van der Waals surface area contributed by atoms with Crippen LogP contribution in [0.3, 0.4) is 0 Å². The second kappa shape index (κ2) is 15.0. The number of halogens is 3. The Labute approximate surface area is 241 Å². The van der Waals surface area contributed by atoms with Crippen LogP contribution in [0.4, 0.5) is 5.69 Å². The molecule has 2 rings (SSSR count). The first kappa shape index (κ1) is 32.2. The molecule has 0 unspecified atom stereocenters. The van der Waals surface area contributed by atoms with Gasteiger partial charge < -0.3 is 10.2 Å². The molecule has 2 amide bonds. The molecule has 0 bridgehead atoms. The standard InChI is InChI=1S/C27H36Cl3N3O4S/c1-5-7-15-31-27(35)24(6-2)32(18-20-13-14-22(29)23(30)17-20)26(34)12-9-16-33(38(4,36)37)25-11-8-10-21(28)19(25)3/h8,10-11,13-14,17,24H,5-7,9,12,15-16,18H2,1-4H3,(H,31,35)/t24-/m1/s1. The van der Waals surface area contributed by atoms with Crippen molar-refractivity contribution in [3.8, 4) is 0 Å². The summed E-state index contributed by atoms with van der Waals surface area (Å²) in [4.78, 5) is 28.1. The van der Waals surface area contributed by atoms with E-state index >= 15 is 0 Å². The van der Waals surface area contributed by atoms with Crippen molar-refractivity contribution < 1.29 is 18.0 Å². The largest absolute Gasteiger partial charge is 0.354 e. The average molecular weight is 605 g/mol. The van der Waals surface area contributed by atoms with Gasteiger partial charge in [0.2, 0.25) is 21.8 Å². The minimum absolute atomic E-state index is 0.0473. The Morgan fingerprint density at radius 3 is 2.32 bits per heavy atom. The molecule has 7 nitrogen and oxygen atoms in total. The fraction of sp³-hybridized carbons (Fsp3) is 0.481. The lowest BCUT2D eigenvalue weighted by atomic mass is 10.1. The van der Waals surface area contributed by atoms with Gasteiger partial charge in [-0.05, 0) is 61.6 Å². The van der Waals surface area contributed by atoms with Gasteiger partial charge in [0.25, 0.3) is 0 Å². The maximum Gasteiger partial charge on any atom is 0.242 e. The molecule has 0 radical (unpaired) electrons. The summed E-state index contributed by atoms with van der Waals surface area (Å²) in [5.41, 5.74) is 1.85. The predicted octanol–water partition coefficient (Wildman–Crippen LogP) is 6.23. The minimum atomic E-state index is -3.62. The molecule has 1 N–H and O–H groups in total. The number of hydrogen-bond donors (Lipinski definition) is 1. The Hall–Kier alpha value is -2.00. The highest BCUT2D eigenvalue weighted by Gasteiger charge is 2.29. The zero-order valence-electron chi connectivity index (χ0n) is 22.3. The van der Waals surface area contributed by atoms with Gasteiger partial charge in [0.05, 0.1) is 22.0 Å². The first-order valence-electron chi connectivity index (χ1n) is 12.6. The number of nitrogens with one attached hydrogen (secondary N) is 1. The van der Waals surface area contributed by atoms with Crippen LogP contribution in [0.2, 0.25) is 15.1 Å². The van der Waals surface area contributed by atoms with Crippen molar-refractivity contribution in [2.24, 2.45) is 0 Å². The minimum Gasteiger partial charge on any atom is -0.354 e. The topological polar surface area (TPSA) is 86.8 Å². The van der Waals surface area contributed by atoms with Crippen LogP contribution in [-0.2, 0) is 26.2 Å². The molecule has 0 aromatic heterocycles. The van der Waals surface area contributed by atoms with Crippen molar-refractivity contribution in [3.63, 3.8) is 0 Å². The van der Waals surface area contributed by atoms with Crippen molar-refractivity contribution in [2.75, 3.05) is 23.7 Å². The molecule has 1 atom stereocenters. The monoisotopic (exact) mass is 603 g/mol. The van der Waals surface area contributed by atoms with Gasteiger partial charge in [0.1, 0.15) is 6.04 Å². The number of benzene rings is 2. The number of unbranched alkanes of at least 4 members (excludes halogenated alkanes) is 1. The van der Waals surface area contributed by atoms with E-state index in [0.29, 0.717) is 39.3 Å². The van der Waals surface area contributed by atoms with Gasteiger partial charge in [0.15, 0.2) is 0 Å². The van der Waals surface area contributed by atoms with E-state index in [2.05, 4.69) is 5.32 Å². The fourth-order valence-corrected chi connectivity index (χ4v) is 5.62. The van der Waals surface area contributed by atoms with E-state index in [0.717, 1.165) is 24.7 Å². The molecule has 0 fully saturated rings. The molecule has 0 aliphatic carbocycles. The van der Waals surface area contributed by atoms with E-state index in [4.69, 9.17) is 34.8 Å². The lowest BCUT2D eigenvalue weighted by Crippen LogP contribution is -2.49. The first-order valence-corrected chi connectivity index (χ1v) is 15.6. The number of anilines is 1. The van der Waals surface area contributed by atoms with Crippen LogP contribution in [0, 0.1) is 6.92 Å². The van der Waals surface area contributed by atoms with Gasteiger partial charge in [-0.3, -0.25) is 13.9 Å². The zero-order valence-corrected chi connectivity index (χ0v) is 25.4. The van der Waals surface area contributed by atoms with Crippen LogP contribution < -0.4 is 9.62 Å². The molecule has 0 heterocycles. The number of hydrogen-bond acceptors (Lipinski definition) is 4. The Balaban J connectivity index is 2.26. The molecule has 2 aromatic carbocycles. The number of rotatable bonds is 14. The molecular weight excluding hydrogens is 569 g/mol. The van der Waals surface area contributed by atoms with Gasteiger partial charge >= 0.3 is 0 Å². The van der Waals surface area contributed by atoms with E-state index < -0.39 is 16.1 Å². The molecule has 11 heteroatoms.